The fourth-order valence-corrected chi connectivity index (χ4v) is 2.12. The van der Waals surface area contributed by atoms with Crippen molar-refractivity contribution in [2.75, 3.05) is 24.8 Å². The maximum absolute atomic E-state index is 14.0. The van der Waals surface area contributed by atoms with E-state index in [4.69, 9.17) is 19.9 Å². The molecule has 0 fully saturated rings. The minimum atomic E-state index is -0.641. The van der Waals surface area contributed by atoms with Crippen LogP contribution in [0.2, 0.25) is 0 Å². The summed E-state index contributed by atoms with van der Waals surface area (Å²) in [7, 11) is 3.02. The zero-order chi connectivity index (χ0) is 19.5. The number of hydrogen-bond acceptors (Lipinski definition) is 5. The molecule has 0 heterocycles. The Morgan fingerprint density at radius 2 is 1.77 bits per heavy atom. The molecule has 7 heteroatoms. The fraction of sp³-hybridized carbons (Fsp3) is 0.316. The van der Waals surface area contributed by atoms with Crippen LogP contribution >= 0.6 is 0 Å². The molecular formula is C19H23FN2O4. The van der Waals surface area contributed by atoms with Gasteiger partial charge in [-0.2, -0.15) is 0 Å². The summed E-state index contributed by atoms with van der Waals surface area (Å²) in [4.78, 5) is 13.5. The largest absolute Gasteiger partial charge is 0.497 e. The number of nitrogens with two attached hydrogens (primary N) is 1. The van der Waals surface area contributed by atoms with Gasteiger partial charge in [0, 0.05) is 19.2 Å². The first-order valence-corrected chi connectivity index (χ1v) is 7.98. The average molecular weight is 362 g/mol. The lowest BCUT2D eigenvalue weighted by Crippen LogP contribution is -2.34. The number of nitrogens with zero attached hydrogens (tertiary/aromatic N) is 1. The zero-order valence-corrected chi connectivity index (χ0v) is 15.5. The molecule has 0 radical (unpaired) electrons. The van der Waals surface area contributed by atoms with Crippen LogP contribution in [-0.4, -0.2) is 25.9 Å². The zero-order valence-electron chi connectivity index (χ0n) is 15.5. The van der Waals surface area contributed by atoms with Crippen LogP contribution in [0.5, 0.6) is 17.2 Å². The number of anilines is 2. The highest BCUT2D eigenvalue weighted by Gasteiger charge is 2.22. The van der Waals surface area contributed by atoms with Crippen LogP contribution in [0.1, 0.15) is 20.8 Å². The Balaban J connectivity index is 2.28. The Bertz CT molecular complexity index is 803. The lowest BCUT2D eigenvalue weighted by atomic mass is 10.2. The van der Waals surface area contributed by atoms with Crippen molar-refractivity contribution in [3.05, 3.63) is 42.2 Å². The summed E-state index contributed by atoms with van der Waals surface area (Å²) < 4.78 is 29.9. The summed E-state index contributed by atoms with van der Waals surface area (Å²) in [6.07, 6.45) is -0.561. The molecule has 0 unspecified atom stereocenters. The molecular weight excluding hydrogens is 339 g/mol. The van der Waals surface area contributed by atoms with E-state index in [-0.39, 0.29) is 5.75 Å². The molecule has 0 aliphatic rings. The van der Waals surface area contributed by atoms with Gasteiger partial charge in [0.2, 0.25) is 0 Å². The quantitative estimate of drug-likeness (QED) is 0.806. The molecule has 2 N–H and O–H groups in total. The van der Waals surface area contributed by atoms with E-state index >= 15 is 0 Å². The highest BCUT2D eigenvalue weighted by atomic mass is 19.1. The second-order valence-corrected chi connectivity index (χ2v) is 6.66. The summed E-state index contributed by atoms with van der Waals surface area (Å²) in [6, 6.07) is 8.87. The Labute approximate surface area is 152 Å². The molecule has 140 valence electrons. The molecule has 0 saturated carbocycles. The number of methoxy groups -OCH3 is 1. The van der Waals surface area contributed by atoms with E-state index in [1.807, 2.05) is 0 Å². The third kappa shape index (κ3) is 4.78. The molecule has 0 saturated heterocycles. The van der Waals surface area contributed by atoms with Gasteiger partial charge in [0.25, 0.3) is 0 Å². The smallest absolute Gasteiger partial charge is 0.414 e. The van der Waals surface area contributed by atoms with E-state index < -0.39 is 17.5 Å². The van der Waals surface area contributed by atoms with Gasteiger partial charge in [-0.1, -0.05) is 0 Å². The third-order valence-electron chi connectivity index (χ3n) is 3.40. The van der Waals surface area contributed by atoms with E-state index in [0.29, 0.717) is 22.9 Å². The van der Waals surface area contributed by atoms with Gasteiger partial charge in [0.15, 0.2) is 11.6 Å². The number of amides is 1. The molecule has 0 spiro atoms. The fourth-order valence-electron chi connectivity index (χ4n) is 2.12. The minimum Gasteiger partial charge on any atom is -0.497 e. The van der Waals surface area contributed by atoms with E-state index in [1.54, 1.807) is 32.9 Å². The van der Waals surface area contributed by atoms with Gasteiger partial charge in [-0.25, -0.2) is 9.18 Å². The Kier molecular flexibility index (Phi) is 5.59. The average Bonchev–Trinajstić information content (AvgIpc) is 2.56. The van der Waals surface area contributed by atoms with Crippen molar-refractivity contribution in [1.82, 2.24) is 0 Å². The van der Waals surface area contributed by atoms with Gasteiger partial charge >= 0.3 is 6.09 Å². The van der Waals surface area contributed by atoms with Gasteiger partial charge in [0.05, 0.1) is 18.5 Å². The number of carbonyl (C=O) groups is 1. The van der Waals surface area contributed by atoms with Crippen LogP contribution in [0, 0.1) is 5.82 Å². The first-order valence-electron chi connectivity index (χ1n) is 7.98. The number of halogens is 1. The second-order valence-electron chi connectivity index (χ2n) is 6.66. The topological polar surface area (TPSA) is 74.0 Å². The molecule has 2 aromatic rings. The predicted molar refractivity (Wildman–Crippen MR) is 98.5 cm³/mol. The summed E-state index contributed by atoms with van der Waals surface area (Å²) in [5.41, 5.74) is 6.07. The molecule has 0 bridgehead atoms. The van der Waals surface area contributed by atoms with E-state index in [2.05, 4.69) is 0 Å². The summed E-state index contributed by atoms with van der Waals surface area (Å²) in [5, 5.41) is 0. The Hall–Kier alpha value is -2.96. The van der Waals surface area contributed by atoms with Crippen LogP contribution in [-0.2, 0) is 4.74 Å². The van der Waals surface area contributed by atoms with Crippen molar-refractivity contribution >= 4 is 17.5 Å². The van der Waals surface area contributed by atoms with Crippen LogP contribution in [0.3, 0.4) is 0 Å². The molecule has 2 rings (SSSR count). The Morgan fingerprint density at radius 1 is 1.12 bits per heavy atom. The third-order valence-corrected chi connectivity index (χ3v) is 3.40. The first kappa shape index (κ1) is 19.4. The number of ether oxygens (including phenoxy) is 3. The number of hydrogen-bond donors (Lipinski definition) is 1. The maximum atomic E-state index is 14.0. The number of benzene rings is 2. The lowest BCUT2D eigenvalue weighted by molar-refractivity contribution is 0.0589. The lowest BCUT2D eigenvalue weighted by Gasteiger charge is -2.25. The molecule has 26 heavy (non-hydrogen) atoms. The van der Waals surface area contributed by atoms with E-state index in [0.717, 1.165) is 0 Å². The first-order chi connectivity index (χ1) is 12.1. The number of rotatable bonds is 4. The number of nitrogen functional groups attached to an aromatic ring is 1. The second kappa shape index (κ2) is 7.51. The van der Waals surface area contributed by atoms with Gasteiger partial charge < -0.3 is 19.9 Å². The maximum Gasteiger partial charge on any atom is 0.414 e. The molecule has 2 aromatic carbocycles. The van der Waals surface area contributed by atoms with Crippen molar-refractivity contribution in [3.63, 3.8) is 0 Å². The van der Waals surface area contributed by atoms with Gasteiger partial charge in [-0.05, 0) is 45.0 Å². The van der Waals surface area contributed by atoms with Crippen molar-refractivity contribution in [2.45, 2.75) is 26.4 Å². The molecule has 6 nitrogen and oxygen atoms in total. The highest BCUT2D eigenvalue weighted by molar-refractivity contribution is 5.91. The standard InChI is InChI=1S/C19H23FN2O4/c1-19(2,3)26-18(23)22(4)16-10-13(7-9-15(16)21)25-17-11-12(24-5)6-8-14(17)20/h6-11H,21H2,1-5H3. The van der Waals surface area contributed by atoms with Crippen molar-refractivity contribution in [1.29, 1.82) is 0 Å². The number of carbonyl (C=O) groups excluding carboxylic acids is 1. The predicted octanol–water partition coefficient (Wildman–Crippen LogP) is 4.58. The normalized spacial score (nSPS) is 11.0. The monoisotopic (exact) mass is 362 g/mol. The molecule has 0 aliphatic carbocycles. The van der Waals surface area contributed by atoms with Crippen molar-refractivity contribution in [3.8, 4) is 17.2 Å². The highest BCUT2D eigenvalue weighted by Crippen LogP contribution is 2.33. The van der Waals surface area contributed by atoms with Crippen LogP contribution in [0.15, 0.2) is 36.4 Å². The van der Waals surface area contributed by atoms with Crippen LogP contribution < -0.4 is 20.1 Å². The Morgan fingerprint density at radius 3 is 2.38 bits per heavy atom. The molecule has 0 atom stereocenters. The van der Waals surface area contributed by atoms with Gasteiger partial charge in [0.1, 0.15) is 17.1 Å². The minimum absolute atomic E-state index is 0.00000690. The van der Waals surface area contributed by atoms with Crippen LogP contribution in [0.4, 0.5) is 20.6 Å². The van der Waals surface area contributed by atoms with E-state index in [1.165, 1.54) is 43.3 Å². The summed E-state index contributed by atoms with van der Waals surface area (Å²) in [5.74, 6) is 0.240. The molecule has 0 aliphatic heterocycles. The van der Waals surface area contributed by atoms with Gasteiger partial charge in [-0.3, -0.25) is 4.90 Å². The molecule has 0 aromatic heterocycles. The van der Waals surface area contributed by atoms with Crippen LogP contribution in [0.25, 0.3) is 0 Å². The summed E-state index contributed by atoms with van der Waals surface area (Å²) in [6.45, 7) is 5.31. The summed E-state index contributed by atoms with van der Waals surface area (Å²) >= 11 is 0. The molecule has 1 amide bonds. The SMILES string of the molecule is COc1ccc(F)c(Oc2ccc(N)c(N(C)C(=O)OC(C)(C)C)c2)c1. The van der Waals surface area contributed by atoms with Crippen molar-refractivity contribution in [2.24, 2.45) is 0 Å². The van der Waals surface area contributed by atoms with Crippen molar-refractivity contribution < 1.29 is 23.4 Å². The van der Waals surface area contributed by atoms with E-state index in [9.17, 15) is 9.18 Å². The van der Waals surface area contributed by atoms with Gasteiger partial charge in [-0.15, -0.1) is 0 Å².